The number of hydrogen-bond donors (Lipinski definition) is 0. The third-order valence-corrected chi connectivity index (χ3v) is 7.55. The van der Waals surface area contributed by atoms with Gasteiger partial charge in [-0.15, -0.1) is 0 Å². The summed E-state index contributed by atoms with van der Waals surface area (Å²) in [4.78, 5) is 5.26. The van der Waals surface area contributed by atoms with Gasteiger partial charge in [-0.2, -0.15) is 0 Å². The molecule has 0 radical (unpaired) electrons. The average molecular weight is 523 g/mol. The highest BCUT2D eigenvalue weighted by Gasteiger charge is 2.08. The van der Waals surface area contributed by atoms with E-state index in [1.165, 1.54) is 75.6 Å². The molecule has 2 aromatic rings. The molecule has 2 aromatic carbocycles. The van der Waals surface area contributed by atoms with Gasteiger partial charge >= 0.3 is 0 Å². The smallest absolute Gasteiger partial charge is 0.0478 e. The molecule has 4 nitrogen and oxygen atoms in total. The minimum Gasteiger partial charge on any atom is -0.381 e. The van der Waals surface area contributed by atoms with Crippen molar-refractivity contribution in [3.8, 4) is 0 Å². The van der Waals surface area contributed by atoms with Gasteiger partial charge in [-0.25, -0.2) is 0 Å². The van der Waals surface area contributed by atoms with Crippen LogP contribution in [-0.4, -0.2) is 62.4 Å². The zero-order valence-corrected chi connectivity index (χ0v) is 24.0. The normalized spacial score (nSPS) is 20.4. The molecule has 0 amide bonds. The van der Waals surface area contributed by atoms with Crippen molar-refractivity contribution in [3.05, 3.63) is 71.8 Å². The maximum atomic E-state index is 5.95. The molecule has 0 spiro atoms. The molecule has 212 valence electrons. The topological polar surface area (TPSA) is 24.9 Å². The zero-order valence-electron chi connectivity index (χ0n) is 24.0. The van der Waals surface area contributed by atoms with Crippen LogP contribution in [0.2, 0.25) is 0 Å². The largest absolute Gasteiger partial charge is 0.381 e. The zero-order chi connectivity index (χ0) is 26.4. The van der Waals surface area contributed by atoms with Crippen molar-refractivity contribution < 1.29 is 9.47 Å². The van der Waals surface area contributed by atoms with Gasteiger partial charge in [0, 0.05) is 52.6 Å². The van der Waals surface area contributed by atoms with Crippen molar-refractivity contribution in [3.63, 3.8) is 0 Å². The van der Waals surface area contributed by atoms with Crippen molar-refractivity contribution in [2.24, 2.45) is 0 Å². The Morgan fingerprint density at radius 2 is 0.737 bits per heavy atom. The van der Waals surface area contributed by atoms with Crippen molar-refractivity contribution in [1.29, 1.82) is 0 Å². The first-order chi connectivity index (χ1) is 18.9. The molecule has 1 aliphatic heterocycles. The average Bonchev–Trinajstić information content (AvgIpc) is 2.94. The number of rotatable bonds is 4. The Bertz CT molecular complexity index is 718. The minimum absolute atomic E-state index is 0.854. The second-order valence-electron chi connectivity index (χ2n) is 11.0. The van der Waals surface area contributed by atoms with Gasteiger partial charge < -0.3 is 9.47 Å². The van der Waals surface area contributed by atoms with E-state index in [-0.39, 0.29) is 0 Å². The third kappa shape index (κ3) is 15.0. The summed E-state index contributed by atoms with van der Waals surface area (Å²) in [6.45, 7) is 10.2. The Kier molecular flexibility index (Phi) is 17.1. The molecule has 1 aliphatic rings. The van der Waals surface area contributed by atoms with E-state index < -0.39 is 0 Å². The lowest BCUT2D eigenvalue weighted by molar-refractivity contribution is 0.0916. The second kappa shape index (κ2) is 21.1. The molecule has 0 aliphatic carbocycles. The highest BCUT2D eigenvalue weighted by molar-refractivity contribution is 5.15. The Morgan fingerprint density at radius 1 is 0.395 bits per heavy atom. The summed E-state index contributed by atoms with van der Waals surface area (Å²) < 4.78 is 11.9. The summed E-state index contributed by atoms with van der Waals surface area (Å²) in [5.41, 5.74) is 2.84. The van der Waals surface area contributed by atoms with E-state index in [2.05, 4.69) is 70.5 Å². The Labute approximate surface area is 233 Å². The van der Waals surface area contributed by atoms with E-state index in [4.69, 9.17) is 9.47 Å². The van der Waals surface area contributed by atoms with Gasteiger partial charge in [-0.05, 0) is 62.7 Å². The summed E-state index contributed by atoms with van der Waals surface area (Å²) in [5, 5.41) is 0. The summed E-state index contributed by atoms with van der Waals surface area (Å²) in [5.74, 6) is 0. The summed E-state index contributed by atoms with van der Waals surface area (Å²) >= 11 is 0. The van der Waals surface area contributed by atoms with E-state index in [0.717, 1.165) is 78.3 Å². The molecule has 4 heteroatoms. The first kappa shape index (κ1) is 30.8. The summed E-state index contributed by atoms with van der Waals surface area (Å²) in [6, 6.07) is 21.9. The predicted molar refractivity (Wildman–Crippen MR) is 160 cm³/mol. The lowest BCUT2D eigenvalue weighted by atomic mass is 10.1. The van der Waals surface area contributed by atoms with Crippen LogP contribution < -0.4 is 0 Å². The van der Waals surface area contributed by atoms with Crippen LogP contribution in [-0.2, 0) is 22.6 Å². The molecule has 0 unspecified atom stereocenters. The maximum absolute atomic E-state index is 5.95. The molecule has 0 atom stereocenters. The highest BCUT2D eigenvalue weighted by atomic mass is 16.5. The molecule has 0 bridgehead atoms. The van der Waals surface area contributed by atoms with Crippen LogP contribution in [0.1, 0.15) is 88.2 Å². The molecule has 0 saturated carbocycles. The van der Waals surface area contributed by atoms with E-state index in [9.17, 15) is 0 Å². The number of ether oxygens (including phenoxy) is 2. The van der Waals surface area contributed by atoms with Gasteiger partial charge in [0.1, 0.15) is 0 Å². The standard InChI is InChI=1S/C34H54N2O2/c1-2-4-6-14-24-36(32-34-21-11-8-12-22-34)26-18-30-38-28-16-15-27-37-29-17-25-35(23-13-5-3-1)31-33-19-9-7-10-20-33/h7-12,19-22H,1-6,13-18,23-32H2. The van der Waals surface area contributed by atoms with Crippen molar-refractivity contribution in [2.45, 2.75) is 90.1 Å². The van der Waals surface area contributed by atoms with Crippen molar-refractivity contribution in [1.82, 2.24) is 9.80 Å². The van der Waals surface area contributed by atoms with Gasteiger partial charge in [0.25, 0.3) is 0 Å². The molecule has 3 rings (SSSR count). The van der Waals surface area contributed by atoms with E-state index in [1.807, 2.05) is 0 Å². The molecular weight excluding hydrogens is 468 g/mol. The predicted octanol–water partition coefficient (Wildman–Crippen LogP) is 7.72. The maximum Gasteiger partial charge on any atom is 0.0478 e. The van der Waals surface area contributed by atoms with Gasteiger partial charge in [0.2, 0.25) is 0 Å². The van der Waals surface area contributed by atoms with Crippen LogP contribution in [0.25, 0.3) is 0 Å². The van der Waals surface area contributed by atoms with Gasteiger partial charge in [0.15, 0.2) is 0 Å². The van der Waals surface area contributed by atoms with Gasteiger partial charge in [-0.3, -0.25) is 9.80 Å². The summed E-state index contributed by atoms with van der Waals surface area (Å²) in [7, 11) is 0. The molecule has 1 saturated heterocycles. The first-order valence-electron chi connectivity index (χ1n) is 15.6. The highest BCUT2D eigenvalue weighted by Crippen LogP contribution is 2.13. The number of nitrogens with zero attached hydrogens (tertiary/aromatic N) is 2. The monoisotopic (exact) mass is 522 g/mol. The molecule has 38 heavy (non-hydrogen) atoms. The third-order valence-electron chi connectivity index (χ3n) is 7.55. The van der Waals surface area contributed by atoms with Crippen molar-refractivity contribution >= 4 is 0 Å². The number of hydrogen-bond acceptors (Lipinski definition) is 4. The van der Waals surface area contributed by atoms with Crippen LogP contribution in [0.4, 0.5) is 0 Å². The van der Waals surface area contributed by atoms with Crippen LogP contribution >= 0.6 is 0 Å². The van der Waals surface area contributed by atoms with Gasteiger partial charge in [0.05, 0.1) is 0 Å². The van der Waals surface area contributed by atoms with E-state index >= 15 is 0 Å². The Morgan fingerprint density at radius 3 is 1.16 bits per heavy atom. The fourth-order valence-electron chi connectivity index (χ4n) is 5.35. The number of benzene rings is 2. The van der Waals surface area contributed by atoms with E-state index in [0.29, 0.717) is 0 Å². The SMILES string of the molecule is c1ccc(CN2CCCCCCCCCCN(Cc3ccccc3)CCCOCCCCOCCC2)cc1. The molecule has 1 heterocycles. The Hall–Kier alpha value is -1.72. The molecular formula is C34H54N2O2. The lowest BCUT2D eigenvalue weighted by Gasteiger charge is -2.23. The van der Waals surface area contributed by atoms with E-state index in [1.54, 1.807) is 0 Å². The fourth-order valence-corrected chi connectivity index (χ4v) is 5.35. The molecule has 0 N–H and O–H groups in total. The van der Waals surface area contributed by atoms with Crippen LogP contribution in [0.3, 0.4) is 0 Å². The Balaban J connectivity index is 1.40. The quantitative estimate of drug-likeness (QED) is 0.410. The first-order valence-corrected chi connectivity index (χ1v) is 15.6. The molecule has 0 aromatic heterocycles. The van der Waals surface area contributed by atoms with Crippen LogP contribution in [0.5, 0.6) is 0 Å². The fraction of sp³-hybridized carbons (Fsp3) is 0.647. The second-order valence-corrected chi connectivity index (χ2v) is 11.0. The van der Waals surface area contributed by atoms with Crippen molar-refractivity contribution in [2.75, 3.05) is 52.6 Å². The van der Waals surface area contributed by atoms with Crippen LogP contribution in [0.15, 0.2) is 60.7 Å². The summed E-state index contributed by atoms with van der Waals surface area (Å²) in [6.07, 6.45) is 15.3. The lowest BCUT2D eigenvalue weighted by Crippen LogP contribution is -2.26. The molecule has 1 fully saturated rings. The van der Waals surface area contributed by atoms with Crippen LogP contribution in [0, 0.1) is 0 Å². The minimum atomic E-state index is 0.854. The van der Waals surface area contributed by atoms with Gasteiger partial charge in [-0.1, -0.05) is 99.2 Å².